The Balaban J connectivity index is 2.01. The van der Waals surface area contributed by atoms with Gasteiger partial charge in [0.15, 0.2) is 0 Å². The number of nitrogens with one attached hydrogen (secondary N) is 1. The zero-order valence-electron chi connectivity index (χ0n) is 14.9. The monoisotopic (exact) mass is 391 g/mol. The number of carbonyl (C=O) groups excluding carboxylic acids is 1. The molecule has 1 N–H and O–H groups in total. The van der Waals surface area contributed by atoms with Crippen molar-refractivity contribution in [3.8, 4) is 17.2 Å². The van der Waals surface area contributed by atoms with Crippen LogP contribution in [0.15, 0.2) is 55.1 Å². The normalized spacial score (nSPS) is 11.2. The maximum atomic E-state index is 13.1. The molecule has 3 rings (SSSR count). The molecule has 1 amide bonds. The summed E-state index contributed by atoms with van der Waals surface area (Å²) in [7, 11) is 2.86. The van der Waals surface area contributed by atoms with E-state index in [1.807, 2.05) is 0 Å². The third-order valence-corrected chi connectivity index (χ3v) is 3.97. The van der Waals surface area contributed by atoms with Crippen LogP contribution in [0.5, 0.6) is 11.5 Å². The van der Waals surface area contributed by atoms with Crippen molar-refractivity contribution in [2.24, 2.45) is 0 Å². The van der Waals surface area contributed by atoms with Gasteiger partial charge in [-0.25, -0.2) is 4.98 Å². The predicted molar refractivity (Wildman–Crippen MR) is 96.1 cm³/mol. The topological polar surface area (TPSA) is 65.4 Å². The number of halogens is 3. The highest BCUT2D eigenvalue weighted by Crippen LogP contribution is 2.34. The lowest BCUT2D eigenvalue weighted by atomic mass is 10.1. The summed E-state index contributed by atoms with van der Waals surface area (Å²) in [6.07, 6.45) is -0.0814. The molecule has 0 fully saturated rings. The molecule has 9 heteroatoms. The van der Waals surface area contributed by atoms with Crippen molar-refractivity contribution in [1.82, 2.24) is 9.55 Å². The zero-order chi connectivity index (χ0) is 20.3. The Morgan fingerprint density at radius 2 is 1.75 bits per heavy atom. The molecule has 0 spiro atoms. The van der Waals surface area contributed by atoms with E-state index in [4.69, 9.17) is 9.47 Å². The first kappa shape index (κ1) is 19.3. The van der Waals surface area contributed by atoms with Crippen LogP contribution in [-0.2, 0) is 6.18 Å². The van der Waals surface area contributed by atoms with Crippen LogP contribution < -0.4 is 14.8 Å². The molecule has 6 nitrogen and oxygen atoms in total. The van der Waals surface area contributed by atoms with Crippen molar-refractivity contribution in [3.63, 3.8) is 0 Å². The molecule has 0 aliphatic carbocycles. The second-order valence-electron chi connectivity index (χ2n) is 5.76. The van der Waals surface area contributed by atoms with E-state index in [0.717, 1.165) is 12.1 Å². The molecule has 0 radical (unpaired) electrons. The smallest absolute Gasteiger partial charge is 0.416 e. The van der Waals surface area contributed by atoms with Gasteiger partial charge in [0.05, 0.1) is 37.5 Å². The number of alkyl halides is 3. The lowest BCUT2D eigenvalue weighted by Crippen LogP contribution is -2.15. The summed E-state index contributed by atoms with van der Waals surface area (Å²) >= 11 is 0. The average molecular weight is 391 g/mol. The molecule has 0 saturated heterocycles. The summed E-state index contributed by atoms with van der Waals surface area (Å²) in [4.78, 5) is 16.6. The summed E-state index contributed by atoms with van der Waals surface area (Å²) < 4.78 is 51.2. The number of ether oxygens (including phenoxy) is 2. The zero-order valence-corrected chi connectivity index (χ0v) is 14.9. The second kappa shape index (κ2) is 7.63. The van der Waals surface area contributed by atoms with Gasteiger partial charge < -0.3 is 19.4 Å². The minimum absolute atomic E-state index is 0.0142. The lowest BCUT2D eigenvalue weighted by Gasteiger charge is -2.15. The van der Waals surface area contributed by atoms with Crippen LogP contribution in [0.2, 0.25) is 0 Å². The Hall–Kier alpha value is -3.49. The maximum absolute atomic E-state index is 13.1. The lowest BCUT2D eigenvalue weighted by molar-refractivity contribution is -0.137. The molecule has 3 aromatic rings. The largest absolute Gasteiger partial charge is 0.497 e. The first-order valence-electron chi connectivity index (χ1n) is 8.06. The first-order valence-corrected chi connectivity index (χ1v) is 8.06. The number of benzene rings is 2. The Bertz CT molecular complexity index is 964. The number of rotatable bonds is 5. The average Bonchev–Trinajstić information content (AvgIpc) is 3.21. The van der Waals surface area contributed by atoms with Crippen LogP contribution in [0.25, 0.3) is 5.69 Å². The molecule has 0 unspecified atom stereocenters. The van der Waals surface area contributed by atoms with Gasteiger partial charge >= 0.3 is 6.18 Å². The third-order valence-electron chi connectivity index (χ3n) is 3.97. The summed E-state index contributed by atoms with van der Waals surface area (Å²) in [6.45, 7) is 0. The first-order chi connectivity index (χ1) is 13.3. The molecule has 146 valence electrons. The predicted octanol–water partition coefficient (Wildman–Crippen LogP) is 4.16. The minimum Gasteiger partial charge on any atom is -0.497 e. The number of methoxy groups -OCH3 is 2. The molecule has 0 saturated carbocycles. The van der Waals surface area contributed by atoms with Gasteiger partial charge in [0.2, 0.25) is 0 Å². The highest BCUT2D eigenvalue weighted by molar-refractivity contribution is 6.05. The quantitative estimate of drug-likeness (QED) is 0.709. The van der Waals surface area contributed by atoms with Gasteiger partial charge in [0.1, 0.15) is 11.5 Å². The van der Waals surface area contributed by atoms with Crippen molar-refractivity contribution in [3.05, 3.63) is 66.2 Å². The molecule has 0 bridgehead atoms. The summed E-state index contributed by atoms with van der Waals surface area (Å²) in [5, 5.41) is 2.53. The molecule has 0 atom stereocenters. The van der Waals surface area contributed by atoms with Gasteiger partial charge in [0, 0.05) is 24.0 Å². The van der Waals surface area contributed by atoms with Gasteiger partial charge in [-0.3, -0.25) is 4.79 Å². The summed E-state index contributed by atoms with van der Waals surface area (Å²) in [5.74, 6) is 0.143. The van der Waals surface area contributed by atoms with Crippen LogP contribution in [0, 0.1) is 0 Å². The maximum Gasteiger partial charge on any atom is 0.416 e. The molecule has 2 aromatic carbocycles. The fourth-order valence-corrected chi connectivity index (χ4v) is 2.57. The summed E-state index contributed by atoms with van der Waals surface area (Å²) in [5.41, 5.74) is -0.381. The number of aromatic nitrogens is 2. The number of carbonyl (C=O) groups is 1. The van der Waals surface area contributed by atoms with E-state index >= 15 is 0 Å². The molecule has 1 aromatic heterocycles. The van der Waals surface area contributed by atoms with Crippen molar-refractivity contribution < 1.29 is 27.4 Å². The molecule has 0 aliphatic heterocycles. The van der Waals surface area contributed by atoms with E-state index < -0.39 is 17.6 Å². The van der Waals surface area contributed by atoms with Crippen LogP contribution in [0.3, 0.4) is 0 Å². The van der Waals surface area contributed by atoms with Crippen molar-refractivity contribution in [2.45, 2.75) is 6.18 Å². The fraction of sp³-hybridized carbons (Fsp3) is 0.158. The van der Waals surface area contributed by atoms with E-state index in [-0.39, 0.29) is 11.3 Å². The number of hydrogen-bond acceptors (Lipinski definition) is 4. The van der Waals surface area contributed by atoms with Crippen molar-refractivity contribution >= 4 is 11.6 Å². The van der Waals surface area contributed by atoms with E-state index in [9.17, 15) is 18.0 Å². The SMILES string of the molecule is COc1cc(OC)cc(C(=O)Nc2cc(C(F)(F)F)ccc2-n2ccnc2)c1. The van der Waals surface area contributed by atoms with Crippen LogP contribution in [-0.4, -0.2) is 29.7 Å². The Morgan fingerprint density at radius 1 is 1.07 bits per heavy atom. The highest BCUT2D eigenvalue weighted by Gasteiger charge is 2.31. The standard InChI is InChI=1S/C19H16F3N3O3/c1-27-14-7-12(8-15(10-14)28-2)18(26)24-16-9-13(19(20,21)22)3-4-17(16)25-6-5-23-11-25/h3-11H,1-2H3,(H,24,26). The second-order valence-corrected chi connectivity index (χ2v) is 5.76. The van der Waals surface area contributed by atoms with Crippen LogP contribution in [0.1, 0.15) is 15.9 Å². The van der Waals surface area contributed by atoms with E-state index in [0.29, 0.717) is 17.2 Å². The fourth-order valence-electron chi connectivity index (χ4n) is 2.57. The van der Waals surface area contributed by atoms with Gasteiger partial charge in [-0.15, -0.1) is 0 Å². The van der Waals surface area contributed by atoms with E-state index in [1.165, 1.54) is 49.5 Å². The van der Waals surface area contributed by atoms with Gasteiger partial charge in [0.25, 0.3) is 5.91 Å². The Morgan fingerprint density at radius 3 is 2.29 bits per heavy atom. The van der Waals surface area contributed by atoms with Crippen LogP contribution in [0.4, 0.5) is 18.9 Å². The molecule has 0 aliphatic rings. The number of hydrogen-bond donors (Lipinski definition) is 1. The van der Waals surface area contributed by atoms with Gasteiger partial charge in [-0.1, -0.05) is 0 Å². The molecular formula is C19H16F3N3O3. The van der Waals surface area contributed by atoms with Crippen molar-refractivity contribution in [2.75, 3.05) is 19.5 Å². The molecule has 28 heavy (non-hydrogen) atoms. The van der Waals surface area contributed by atoms with Gasteiger partial charge in [-0.2, -0.15) is 13.2 Å². The number of amides is 1. The Labute approximate surface area is 158 Å². The molecular weight excluding hydrogens is 375 g/mol. The number of imidazole rings is 1. The third kappa shape index (κ3) is 4.08. The van der Waals surface area contributed by atoms with E-state index in [2.05, 4.69) is 10.3 Å². The minimum atomic E-state index is -4.55. The Kier molecular flexibility index (Phi) is 5.25. The molecule has 1 heterocycles. The van der Waals surface area contributed by atoms with Crippen LogP contribution >= 0.6 is 0 Å². The summed E-state index contributed by atoms with van der Waals surface area (Å²) in [6, 6.07) is 7.60. The number of anilines is 1. The van der Waals surface area contributed by atoms with Gasteiger partial charge in [-0.05, 0) is 30.3 Å². The number of nitrogens with zero attached hydrogens (tertiary/aromatic N) is 2. The highest BCUT2D eigenvalue weighted by atomic mass is 19.4. The van der Waals surface area contributed by atoms with Crippen molar-refractivity contribution in [1.29, 1.82) is 0 Å². The van der Waals surface area contributed by atoms with E-state index in [1.54, 1.807) is 12.3 Å².